The third-order valence-corrected chi connectivity index (χ3v) is 6.35. The van der Waals surface area contributed by atoms with E-state index in [1.807, 2.05) is 13.8 Å². The molecular formula is C16H22N4O5S. The van der Waals surface area contributed by atoms with Gasteiger partial charge in [-0.2, -0.15) is 5.10 Å². The van der Waals surface area contributed by atoms with E-state index in [1.165, 1.54) is 15.6 Å². The van der Waals surface area contributed by atoms with E-state index in [0.717, 1.165) is 10.6 Å². The topological polar surface area (TPSA) is 110 Å². The molecule has 142 valence electrons. The molecule has 2 amide bonds. The molecular weight excluding hydrogens is 360 g/mol. The first kappa shape index (κ1) is 18.6. The maximum absolute atomic E-state index is 13.0. The highest BCUT2D eigenvalue weighted by molar-refractivity contribution is 7.88. The third-order valence-electron chi connectivity index (χ3n) is 5.18. The van der Waals surface area contributed by atoms with E-state index in [0.29, 0.717) is 19.3 Å². The number of likely N-dealkylation sites (tertiary alicyclic amines) is 1. The van der Waals surface area contributed by atoms with Crippen molar-refractivity contribution in [2.75, 3.05) is 12.8 Å². The number of carbonyl (C=O) groups excluding carboxylic acids is 3. The van der Waals surface area contributed by atoms with E-state index < -0.39 is 39.8 Å². The zero-order chi connectivity index (χ0) is 19.4. The number of rotatable bonds is 4. The molecule has 10 heteroatoms. The summed E-state index contributed by atoms with van der Waals surface area (Å²) in [4.78, 5) is 38.3. The van der Waals surface area contributed by atoms with Crippen LogP contribution < -0.4 is 0 Å². The van der Waals surface area contributed by atoms with Crippen molar-refractivity contribution in [2.24, 2.45) is 18.9 Å². The Morgan fingerprint density at radius 3 is 2.54 bits per heavy atom. The molecule has 9 nitrogen and oxygen atoms in total. The van der Waals surface area contributed by atoms with Crippen LogP contribution in [-0.2, 0) is 21.9 Å². The molecule has 3 unspecified atom stereocenters. The first-order chi connectivity index (χ1) is 12.1. The number of sulfonamides is 1. The predicted octanol–water partition coefficient (Wildman–Crippen LogP) is -0.110. The lowest BCUT2D eigenvalue weighted by atomic mass is 9.88. The monoisotopic (exact) mass is 382 g/mol. The summed E-state index contributed by atoms with van der Waals surface area (Å²) in [5, 5.41) is 4.07. The van der Waals surface area contributed by atoms with Gasteiger partial charge >= 0.3 is 0 Å². The Morgan fingerprint density at radius 1 is 1.38 bits per heavy atom. The Bertz CT molecular complexity index is 875. The molecule has 0 aliphatic carbocycles. The Hall–Kier alpha value is -2.23. The van der Waals surface area contributed by atoms with Crippen LogP contribution in [0.5, 0.6) is 0 Å². The molecule has 3 rings (SSSR count). The van der Waals surface area contributed by atoms with Gasteiger partial charge in [-0.25, -0.2) is 12.7 Å². The van der Waals surface area contributed by atoms with Gasteiger partial charge < -0.3 is 4.90 Å². The fourth-order valence-corrected chi connectivity index (χ4v) is 5.28. The number of hydrogen-bond donors (Lipinski definition) is 0. The molecule has 0 spiro atoms. The molecule has 0 radical (unpaired) electrons. The van der Waals surface area contributed by atoms with Gasteiger partial charge in [0, 0.05) is 13.6 Å². The second-order valence-electron chi connectivity index (χ2n) is 7.21. The molecule has 0 aromatic carbocycles. The second kappa shape index (κ2) is 6.19. The standard InChI is InChI=1S/C16H22N4O5S/c1-9(2)13-14-12(20(16(13)23)26(4,24)25)5-6-19(14)15(22)11-7-10(8-21)18(3)17-11/h7-9,12-14H,5-6H2,1-4H3. The van der Waals surface area contributed by atoms with Crippen LogP contribution in [0.25, 0.3) is 0 Å². The van der Waals surface area contributed by atoms with Gasteiger partial charge in [-0.15, -0.1) is 0 Å². The number of aryl methyl sites for hydroxylation is 1. The summed E-state index contributed by atoms with van der Waals surface area (Å²) >= 11 is 0. The number of nitrogens with zero attached hydrogens (tertiary/aromatic N) is 4. The minimum atomic E-state index is -3.71. The zero-order valence-corrected chi connectivity index (χ0v) is 15.9. The largest absolute Gasteiger partial charge is 0.331 e. The maximum Gasteiger partial charge on any atom is 0.274 e. The number of hydrogen-bond acceptors (Lipinski definition) is 6. The average molecular weight is 382 g/mol. The Morgan fingerprint density at radius 2 is 2.04 bits per heavy atom. The smallest absolute Gasteiger partial charge is 0.274 e. The Balaban J connectivity index is 1.99. The summed E-state index contributed by atoms with van der Waals surface area (Å²) < 4.78 is 26.5. The molecule has 0 saturated carbocycles. The van der Waals surface area contributed by atoms with E-state index in [1.54, 1.807) is 7.05 Å². The summed E-state index contributed by atoms with van der Waals surface area (Å²) in [6.45, 7) is 4.03. The first-order valence-corrected chi connectivity index (χ1v) is 10.3. The molecule has 2 aliphatic heterocycles. The fraction of sp³-hybridized carbons (Fsp3) is 0.625. The minimum Gasteiger partial charge on any atom is -0.331 e. The summed E-state index contributed by atoms with van der Waals surface area (Å²) in [6.07, 6.45) is 2.02. The van der Waals surface area contributed by atoms with Gasteiger partial charge in [0.15, 0.2) is 12.0 Å². The summed E-state index contributed by atoms with van der Waals surface area (Å²) in [5.74, 6) is -1.56. The molecule has 3 atom stereocenters. The van der Waals surface area contributed by atoms with Crippen molar-refractivity contribution in [2.45, 2.75) is 32.4 Å². The number of aldehydes is 1. The van der Waals surface area contributed by atoms with Crippen LogP contribution in [0, 0.1) is 11.8 Å². The molecule has 3 heterocycles. The fourth-order valence-electron chi connectivity index (χ4n) is 4.11. The summed E-state index contributed by atoms with van der Waals surface area (Å²) in [6, 6.07) is 0.326. The van der Waals surface area contributed by atoms with Crippen molar-refractivity contribution < 1.29 is 22.8 Å². The van der Waals surface area contributed by atoms with Crippen LogP contribution >= 0.6 is 0 Å². The summed E-state index contributed by atoms with van der Waals surface area (Å²) in [7, 11) is -2.15. The Labute approximate surface area is 152 Å². The van der Waals surface area contributed by atoms with Crippen LogP contribution in [0.2, 0.25) is 0 Å². The number of aromatic nitrogens is 2. The van der Waals surface area contributed by atoms with Crippen LogP contribution in [0.1, 0.15) is 41.2 Å². The van der Waals surface area contributed by atoms with Crippen LogP contribution in [-0.4, -0.2) is 70.4 Å². The van der Waals surface area contributed by atoms with Crippen molar-refractivity contribution in [1.29, 1.82) is 0 Å². The molecule has 0 bridgehead atoms. The van der Waals surface area contributed by atoms with E-state index in [-0.39, 0.29) is 17.3 Å². The van der Waals surface area contributed by atoms with Gasteiger partial charge in [0.25, 0.3) is 5.91 Å². The highest BCUT2D eigenvalue weighted by atomic mass is 32.2. The van der Waals surface area contributed by atoms with E-state index in [9.17, 15) is 22.8 Å². The number of amides is 2. The lowest BCUT2D eigenvalue weighted by Crippen LogP contribution is -2.44. The van der Waals surface area contributed by atoms with Crippen LogP contribution in [0.3, 0.4) is 0 Å². The van der Waals surface area contributed by atoms with Gasteiger partial charge in [0.2, 0.25) is 15.9 Å². The molecule has 2 fully saturated rings. The highest BCUT2D eigenvalue weighted by Gasteiger charge is 2.58. The van der Waals surface area contributed by atoms with Crippen molar-refractivity contribution >= 4 is 28.1 Å². The SMILES string of the molecule is CC(C)C1C(=O)N(S(C)(=O)=O)C2CCN(C(=O)c3cc(C=O)n(C)n3)C12. The van der Waals surface area contributed by atoms with Crippen molar-refractivity contribution in [3.8, 4) is 0 Å². The Kier molecular flexibility index (Phi) is 4.41. The molecule has 26 heavy (non-hydrogen) atoms. The van der Waals surface area contributed by atoms with Crippen molar-refractivity contribution in [1.82, 2.24) is 19.0 Å². The van der Waals surface area contributed by atoms with Crippen molar-refractivity contribution in [3.05, 3.63) is 17.5 Å². The number of carbonyl (C=O) groups is 3. The highest BCUT2D eigenvalue weighted by Crippen LogP contribution is 2.41. The first-order valence-electron chi connectivity index (χ1n) is 8.41. The molecule has 2 aliphatic rings. The lowest BCUT2D eigenvalue weighted by Gasteiger charge is -2.28. The van der Waals surface area contributed by atoms with Crippen LogP contribution in [0.4, 0.5) is 0 Å². The molecule has 0 N–H and O–H groups in total. The molecule has 1 aromatic rings. The van der Waals surface area contributed by atoms with E-state index in [2.05, 4.69) is 5.10 Å². The van der Waals surface area contributed by atoms with Gasteiger partial charge in [0.1, 0.15) is 5.69 Å². The number of fused-ring (bicyclic) bond motifs is 1. The van der Waals surface area contributed by atoms with E-state index >= 15 is 0 Å². The summed E-state index contributed by atoms with van der Waals surface area (Å²) in [5.41, 5.74) is 0.382. The van der Waals surface area contributed by atoms with Gasteiger partial charge in [-0.3, -0.25) is 19.1 Å². The third kappa shape index (κ3) is 2.72. The van der Waals surface area contributed by atoms with E-state index in [4.69, 9.17) is 0 Å². The predicted molar refractivity (Wildman–Crippen MR) is 91.8 cm³/mol. The van der Waals surface area contributed by atoms with Gasteiger partial charge in [-0.05, 0) is 18.4 Å². The molecule has 2 saturated heterocycles. The average Bonchev–Trinajstić information content (AvgIpc) is 3.16. The quantitative estimate of drug-likeness (QED) is 0.672. The second-order valence-corrected chi connectivity index (χ2v) is 9.07. The zero-order valence-electron chi connectivity index (χ0n) is 15.1. The molecule has 1 aromatic heterocycles. The normalized spacial score (nSPS) is 25.9. The van der Waals surface area contributed by atoms with Gasteiger partial charge in [0.05, 0.1) is 24.3 Å². The van der Waals surface area contributed by atoms with Crippen molar-refractivity contribution in [3.63, 3.8) is 0 Å². The lowest BCUT2D eigenvalue weighted by molar-refractivity contribution is -0.129. The van der Waals surface area contributed by atoms with Crippen LogP contribution in [0.15, 0.2) is 6.07 Å². The minimum absolute atomic E-state index is 0.114. The maximum atomic E-state index is 13.0. The van der Waals surface area contributed by atoms with Gasteiger partial charge in [-0.1, -0.05) is 13.8 Å².